The Balaban J connectivity index is 1.93. The third kappa shape index (κ3) is 3.17. The average molecular weight is 349 g/mol. The zero-order chi connectivity index (χ0) is 17.5. The Kier molecular flexibility index (Phi) is 3.90. The van der Waals surface area contributed by atoms with Gasteiger partial charge < -0.3 is 10.4 Å². The van der Waals surface area contributed by atoms with Crippen LogP contribution in [0.3, 0.4) is 0 Å². The lowest BCUT2D eigenvalue weighted by Gasteiger charge is -2.07. The second-order valence-electron chi connectivity index (χ2n) is 5.56. The van der Waals surface area contributed by atoms with Crippen molar-refractivity contribution in [2.45, 2.75) is 12.8 Å². The van der Waals surface area contributed by atoms with Gasteiger partial charge in [0.05, 0.1) is 0 Å². The van der Waals surface area contributed by atoms with Crippen molar-refractivity contribution in [2.24, 2.45) is 11.1 Å². The number of carbonyl (C=O) groups excluding carboxylic acids is 1. The number of carboxylic acids is 1. The van der Waals surface area contributed by atoms with Crippen molar-refractivity contribution in [3.05, 3.63) is 42.2 Å². The molecule has 4 N–H and O–H groups in total. The number of hydrogen-bond donors (Lipinski definition) is 3. The van der Waals surface area contributed by atoms with Crippen molar-refractivity contribution < 1.29 is 23.1 Å². The predicted molar refractivity (Wildman–Crippen MR) is 86.7 cm³/mol. The Morgan fingerprint density at radius 3 is 2.29 bits per heavy atom. The van der Waals surface area contributed by atoms with Crippen LogP contribution in [0, 0.1) is 5.92 Å². The van der Waals surface area contributed by atoms with E-state index >= 15 is 0 Å². The number of benzene rings is 1. The Labute approximate surface area is 138 Å². The zero-order valence-electron chi connectivity index (χ0n) is 12.5. The molecule has 3 rings (SSSR count). The summed E-state index contributed by atoms with van der Waals surface area (Å²) in [5.74, 6) is -1.36. The van der Waals surface area contributed by atoms with Crippen LogP contribution >= 0.6 is 0 Å². The van der Waals surface area contributed by atoms with Gasteiger partial charge in [-0.15, -0.1) is 0 Å². The maximum atomic E-state index is 11.7. The van der Waals surface area contributed by atoms with Gasteiger partial charge in [0.15, 0.2) is 5.69 Å². The van der Waals surface area contributed by atoms with E-state index in [1.807, 2.05) is 0 Å². The van der Waals surface area contributed by atoms with Gasteiger partial charge in [-0.1, -0.05) is 12.1 Å². The van der Waals surface area contributed by atoms with E-state index in [9.17, 15) is 23.1 Å². The summed E-state index contributed by atoms with van der Waals surface area (Å²) in [4.78, 5) is 23.1. The van der Waals surface area contributed by atoms with Crippen LogP contribution in [0.2, 0.25) is 0 Å². The summed E-state index contributed by atoms with van der Waals surface area (Å²) >= 11 is 0. The van der Waals surface area contributed by atoms with Gasteiger partial charge in [-0.25, -0.2) is 13.9 Å². The lowest BCUT2D eigenvalue weighted by atomic mass is 10.1. The fraction of sp³-hybridized carbons (Fsp3) is 0.200. The highest BCUT2D eigenvalue weighted by molar-refractivity contribution is 7.87. The summed E-state index contributed by atoms with van der Waals surface area (Å²) < 4.78 is 23.5. The fourth-order valence-corrected chi connectivity index (χ4v) is 3.05. The molecule has 1 fully saturated rings. The van der Waals surface area contributed by atoms with Gasteiger partial charge in [-0.05, 0) is 36.6 Å². The molecule has 2 aromatic rings. The van der Waals surface area contributed by atoms with Crippen molar-refractivity contribution in [2.75, 3.05) is 5.32 Å². The molecule has 1 heterocycles. The van der Waals surface area contributed by atoms with Gasteiger partial charge in [-0.2, -0.15) is 8.42 Å². The topological polar surface area (TPSA) is 131 Å². The number of anilines is 1. The Morgan fingerprint density at radius 2 is 1.79 bits per heavy atom. The van der Waals surface area contributed by atoms with E-state index in [0.29, 0.717) is 15.2 Å². The van der Waals surface area contributed by atoms with Gasteiger partial charge in [0, 0.05) is 23.4 Å². The number of nitrogens with one attached hydrogen (secondary N) is 1. The SMILES string of the molecule is NS(=O)(=O)n1ccc(-c2ccc(NC(=O)C3CC3)cc2)c1C(=O)O. The van der Waals surface area contributed by atoms with E-state index in [2.05, 4.69) is 5.32 Å². The summed E-state index contributed by atoms with van der Waals surface area (Å²) in [5.41, 5.74) is 0.876. The molecular formula is C15H15N3O5S. The minimum absolute atomic E-state index is 0.0330. The smallest absolute Gasteiger partial charge is 0.354 e. The number of aromatic nitrogens is 1. The molecule has 1 saturated carbocycles. The molecule has 1 aliphatic carbocycles. The standard InChI is InChI=1S/C15H15N3O5S/c16-24(22,23)18-8-7-12(13(18)15(20)21)9-3-5-11(6-4-9)17-14(19)10-1-2-10/h3-8,10H,1-2H2,(H,17,19)(H,20,21)(H2,16,22,23). The van der Waals surface area contributed by atoms with Crippen LogP contribution in [0.5, 0.6) is 0 Å². The molecule has 0 spiro atoms. The maximum absolute atomic E-state index is 11.7. The van der Waals surface area contributed by atoms with Crippen LogP contribution in [-0.2, 0) is 15.0 Å². The lowest BCUT2D eigenvalue weighted by molar-refractivity contribution is -0.117. The number of hydrogen-bond acceptors (Lipinski definition) is 4. The van der Waals surface area contributed by atoms with Gasteiger partial charge >= 0.3 is 16.2 Å². The summed E-state index contributed by atoms with van der Waals surface area (Å²) in [5, 5.41) is 17.1. The van der Waals surface area contributed by atoms with Crippen LogP contribution in [0.4, 0.5) is 5.69 Å². The molecule has 1 aromatic carbocycles. The number of rotatable bonds is 5. The van der Waals surface area contributed by atoms with Crippen molar-refractivity contribution >= 4 is 27.8 Å². The average Bonchev–Trinajstić information content (AvgIpc) is 3.25. The predicted octanol–water partition coefficient (Wildman–Crippen LogP) is 1.25. The lowest BCUT2D eigenvalue weighted by Crippen LogP contribution is -2.24. The molecular weight excluding hydrogens is 334 g/mol. The molecule has 0 radical (unpaired) electrons. The molecule has 0 bridgehead atoms. The monoisotopic (exact) mass is 349 g/mol. The normalized spacial score (nSPS) is 14.4. The Bertz CT molecular complexity index is 911. The van der Waals surface area contributed by atoms with E-state index in [1.54, 1.807) is 24.3 Å². The van der Waals surface area contributed by atoms with Gasteiger partial charge in [0.25, 0.3) is 0 Å². The number of aromatic carboxylic acids is 1. The van der Waals surface area contributed by atoms with Crippen molar-refractivity contribution in [3.63, 3.8) is 0 Å². The zero-order valence-corrected chi connectivity index (χ0v) is 13.3. The second-order valence-corrected chi connectivity index (χ2v) is 6.99. The van der Waals surface area contributed by atoms with Crippen LogP contribution in [0.25, 0.3) is 11.1 Å². The van der Waals surface area contributed by atoms with Crippen molar-refractivity contribution in [3.8, 4) is 11.1 Å². The molecule has 0 atom stereocenters. The van der Waals surface area contributed by atoms with Crippen molar-refractivity contribution in [1.29, 1.82) is 0 Å². The van der Waals surface area contributed by atoms with E-state index in [4.69, 9.17) is 5.14 Å². The first-order valence-electron chi connectivity index (χ1n) is 7.16. The molecule has 24 heavy (non-hydrogen) atoms. The van der Waals surface area contributed by atoms with Crippen LogP contribution in [0.1, 0.15) is 23.3 Å². The molecule has 1 aliphatic rings. The van der Waals surface area contributed by atoms with Gasteiger partial charge in [-0.3, -0.25) is 4.79 Å². The van der Waals surface area contributed by atoms with E-state index in [1.165, 1.54) is 6.07 Å². The first kappa shape index (κ1) is 16.2. The van der Waals surface area contributed by atoms with Crippen molar-refractivity contribution in [1.82, 2.24) is 3.97 Å². The third-order valence-corrected chi connectivity index (χ3v) is 4.59. The maximum Gasteiger partial charge on any atom is 0.354 e. The van der Waals surface area contributed by atoms with E-state index in [-0.39, 0.29) is 17.4 Å². The number of nitrogens with two attached hydrogens (primary N) is 1. The molecule has 8 nitrogen and oxygen atoms in total. The Hall–Kier alpha value is -2.65. The molecule has 1 aromatic heterocycles. The highest BCUT2D eigenvalue weighted by Gasteiger charge is 2.29. The second kappa shape index (κ2) is 5.77. The summed E-state index contributed by atoms with van der Waals surface area (Å²) in [7, 11) is -4.21. The summed E-state index contributed by atoms with van der Waals surface area (Å²) in [6.07, 6.45) is 2.89. The van der Waals surface area contributed by atoms with Crippen LogP contribution in [0.15, 0.2) is 36.5 Å². The van der Waals surface area contributed by atoms with E-state index < -0.39 is 21.9 Å². The minimum Gasteiger partial charge on any atom is -0.477 e. The number of amides is 1. The highest BCUT2D eigenvalue weighted by Crippen LogP contribution is 2.31. The summed E-state index contributed by atoms with van der Waals surface area (Å²) in [6, 6.07) is 7.85. The van der Waals surface area contributed by atoms with Crippen LogP contribution < -0.4 is 10.5 Å². The highest BCUT2D eigenvalue weighted by atomic mass is 32.2. The Morgan fingerprint density at radius 1 is 1.17 bits per heavy atom. The number of carboxylic acid groups (broad SMARTS) is 1. The third-order valence-electron chi connectivity index (χ3n) is 3.74. The fourth-order valence-electron chi connectivity index (χ4n) is 2.39. The molecule has 1 amide bonds. The molecule has 0 aliphatic heterocycles. The first-order valence-corrected chi connectivity index (χ1v) is 8.67. The molecule has 126 valence electrons. The molecule has 9 heteroatoms. The summed E-state index contributed by atoms with van der Waals surface area (Å²) in [6.45, 7) is 0. The van der Waals surface area contributed by atoms with Crippen LogP contribution in [-0.4, -0.2) is 29.4 Å². The quantitative estimate of drug-likeness (QED) is 0.747. The van der Waals surface area contributed by atoms with E-state index in [0.717, 1.165) is 19.0 Å². The minimum atomic E-state index is -4.21. The number of nitrogens with zero attached hydrogens (tertiary/aromatic N) is 1. The largest absolute Gasteiger partial charge is 0.477 e. The van der Waals surface area contributed by atoms with Gasteiger partial charge in [0.2, 0.25) is 5.91 Å². The molecule has 0 unspecified atom stereocenters. The number of carbonyl (C=O) groups is 2. The van der Waals surface area contributed by atoms with Gasteiger partial charge in [0.1, 0.15) is 0 Å². The first-order chi connectivity index (χ1) is 11.3. The molecule has 0 saturated heterocycles.